The van der Waals surface area contributed by atoms with Crippen LogP contribution in [0.1, 0.15) is 36.3 Å². The number of benzene rings is 1. The zero-order valence-electron chi connectivity index (χ0n) is 18.0. The van der Waals surface area contributed by atoms with E-state index >= 15 is 0 Å². The summed E-state index contributed by atoms with van der Waals surface area (Å²) >= 11 is 0. The van der Waals surface area contributed by atoms with Crippen LogP contribution in [0.4, 0.5) is 13.2 Å². The Labute approximate surface area is 185 Å². The second-order valence-electron chi connectivity index (χ2n) is 9.04. The Bertz CT molecular complexity index is 1080. The molecule has 8 heteroatoms. The van der Waals surface area contributed by atoms with E-state index in [2.05, 4.69) is 24.6 Å². The number of aryl methyl sites for hydroxylation is 1. The number of aromatic nitrogens is 4. The highest BCUT2D eigenvalue weighted by Crippen LogP contribution is 2.58. The van der Waals surface area contributed by atoms with Gasteiger partial charge in [0.15, 0.2) is 5.82 Å². The van der Waals surface area contributed by atoms with Gasteiger partial charge in [0.2, 0.25) is 0 Å². The summed E-state index contributed by atoms with van der Waals surface area (Å²) in [7, 11) is 2.01. The van der Waals surface area contributed by atoms with Gasteiger partial charge >= 0.3 is 6.18 Å². The maximum atomic E-state index is 12.8. The third-order valence-corrected chi connectivity index (χ3v) is 6.97. The summed E-state index contributed by atoms with van der Waals surface area (Å²) in [5, 5.41) is 8.72. The molecule has 5 nitrogen and oxygen atoms in total. The van der Waals surface area contributed by atoms with Crippen LogP contribution in [-0.2, 0) is 25.1 Å². The van der Waals surface area contributed by atoms with Crippen molar-refractivity contribution < 1.29 is 13.2 Å². The van der Waals surface area contributed by atoms with Gasteiger partial charge in [0.05, 0.1) is 0 Å². The van der Waals surface area contributed by atoms with Crippen molar-refractivity contribution >= 4 is 0 Å². The number of pyridine rings is 1. The minimum Gasteiger partial charge on any atom is -0.314 e. The van der Waals surface area contributed by atoms with E-state index in [-0.39, 0.29) is 5.41 Å². The van der Waals surface area contributed by atoms with E-state index in [1.807, 2.05) is 37.4 Å². The quantitative estimate of drug-likeness (QED) is 0.507. The lowest BCUT2D eigenvalue weighted by Gasteiger charge is -2.21. The number of hydrogen-bond donors (Lipinski definition) is 0. The highest BCUT2D eigenvalue weighted by Gasteiger charge is 2.60. The van der Waals surface area contributed by atoms with Gasteiger partial charge in [-0.05, 0) is 43.4 Å². The number of rotatable bonds is 7. The van der Waals surface area contributed by atoms with E-state index in [1.54, 1.807) is 6.07 Å². The number of alkyl halides is 3. The molecule has 2 fully saturated rings. The normalized spacial score (nSPS) is 22.8. The van der Waals surface area contributed by atoms with Crippen LogP contribution in [-0.4, -0.2) is 44.3 Å². The van der Waals surface area contributed by atoms with Gasteiger partial charge in [0.25, 0.3) is 0 Å². The molecule has 168 valence electrons. The van der Waals surface area contributed by atoms with Crippen molar-refractivity contribution in [2.75, 3.05) is 19.6 Å². The second kappa shape index (κ2) is 7.99. The lowest BCUT2D eigenvalue weighted by atomic mass is 9.96. The molecule has 32 heavy (non-hydrogen) atoms. The zero-order chi connectivity index (χ0) is 22.3. The molecule has 1 saturated heterocycles. The molecule has 0 bridgehead atoms. The SMILES string of the molecule is Cn1c(CCCCN2C[C@H]3C[C@@]3(c3ccc(C(F)(F)F)nc3)C2)nnc1-c1ccccc1. The van der Waals surface area contributed by atoms with Gasteiger partial charge in [-0.15, -0.1) is 10.2 Å². The summed E-state index contributed by atoms with van der Waals surface area (Å²) in [6, 6.07) is 12.8. The minimum atomic E-state index is -4.38. The Morgan fingerprint density at radius 1 is 1.06 bits per heavy atom. The van der Waals surface area contributed by atoms with Crippen molar-refractivity contribution in [3.8, 4) is 11.4 Å². The van der Waals surface area contributed by atoms with Crippen LogP contribution in [0.15, 0.2) is 48.7 Å². The molecule has 2 aromatic heterocycles. The molecular formula is C24H26F3N5. The third kappa shape index (κ3) is 3.92. The zero-order valence-corrected chi connectivity index (χ0v) is 18.0. The van der Waals surface area contributed by atoms with Gasteiger partial charge in [-0.1, -0.05) is 36.4 Å². The first-order valence-corrected chi connectivity index (χ1v) is 11.1. The highest BCUT2D eigenvalue weighted by molar-refractivity contribution is 5.54. The summed E-state index contributed by atoms with van der Waals surface area (Å²) in [5.74, 6) is 2.40. The van der Waals surface area contributed by atoms with Gasteiger partial charge in [-0.2, -0.15) is 13.2 Å². The molecule has 1 aliphatic heterocycles. The van der Waals surface area contributed by atoms with Crippen LogP contribution in [0, 0.1) is 5.92 Å². The Balaban J connectivity index is 1.12. The summed E-state index contributed by atoms with van der Waals surface area (Å²) in [6.45, 7) is 2.92. The van der Waals surface area contributed by atoms with Crippen molar-refractivity contribution in [2.45, 2.75) is 37.3 Å². The van der Waals surface area contributed by atoms with E-state index in [4.69, 9.17) is 0 Å². The van der Waals surface area contributed by atoms with Crippen molar-refractivity contribution in [1.29, 1.82) is 0 Å². The van der Waals surface area contributed by atoms with E-state index in [0.29, 0.717) is 5.92 Å². The lowest BCUT2D eigenvalue weighted by molar-refractivity contribution is -0.141. The molecule has 0 unspecified atom stereocenters. The summed E-state index contributed by atoms with van der Waals surface area (Å²) in [5.41, 5.74) is 1.20. The summed E-state index contributed by atoms with van der Waals surface area (Å²) < 4.78 is 40.4. The van der Waals surface area contributed by atoms with Crippen molar-refractivity contribution in [3.63, 3.8) is 0 Å². The topological polar surface area (TPSA) is 46.8 Å². The fourth-order valence-electron chi connectivity index (χ4n) is 5.10. The molecule has 0 radical (unpaired) electrons. The molecular weight excluding hydrogens is 415 g/mol. The van der Waals surface area contributed by atoms with E-state index in [9.17, 15) is 13.2 Å². The molecule has 0 spiro atoms. The Hall–Kier alpha value is -2.74. The first-order valence-electron chi connectivity index (χ1n) is 11.1. The van der Waals surface area contributed by atoms with E-state index in [0.717, 1.165) is 74.2 Å². The molecule has 1 saturated carbocycles. The largest absolute Gasteiger partial charge is 0.433 e. The predicted octanol–water partition coefficient (Wildman–Crippen LogP) is 4.49. The first-order chi connectivity index (χ1) is 15.4. The lowest BCUT2D eigenvalue weighted by Crippen LogP contribution is -2.27. The number of piperidine rings is 1. The molecule has 3 heterocycles. The first kappa shape index (κ1) is 21.1. The van der Waals surface area contributed by atoms with Gasteiger partial charge in [-0.3, -0.25) is 4.98 Å². The Morgan fingerprint density at radius 2 is 1.88 bits per heavy atom. The number of nitrogens with zero attached hydrogens (tertiary/aromatic N) is 5. The molecule has 5 rings (SSSR count). The van der Waals surface area contributed by atoms with Crippen LogP contribution < -0.4 is 0 Å². The Morgan fingerprint density at radius 3 is 2.59 bits per heavy atom. The number of unbranched alkanes of at least 4 members (excludes halogenated alkanes) is 1. The van der Waals surface area contributed by atoms with Gasteiger partial charge in [0, 0.05) is 43.7 Å². The van der Waals surface area contributed by atoms with Gasteiger partial charge < -0.3 is 9.47 Å². The maximum absolute atomic E-state index is 12.8. The average molecular weight is 442 g/mol. The van der Waals surface area contributed by atoms with Crippen molar-refractivity contribution in [3.05, 3.63) is 65.7 Å². The minimum absolute atomic E-state index is 0.00527. The molecule has 1 aromatic carbocycles. The van der Waals surface area contributed by atoms with Crippen molar-refractivity contribution in [1.82, 2.24) is 24.6 Å². The summed E-state index contributed by atoms with van der Waals surface area (Å²) in [6.07, 6.45) is 1.06. The number of hydrogen-bond acceptors (Lipinski definition) is 4. The van der Waals surface area contributed by atoms with Gasteiger partial charge in [0.1, 0.15) is 11.5 Å². The summed E-state index contributed by atoms with van der Waals surface area (Å²) in [4.78, 5) is 6.12. The van der Waals surface area contributed by atoms with Crippen LogP contribution >= 0.6 is 0 Å². The molecule has 2 aliphatic rings. The Kier molecular flexibility index (Phi) is 5.28. The predicted molar refractivity (Wildman–Crippen MR) is 115 cm³/mol. The number of likely N-dealkylation sites (tertiary alicyclic amines) is 1. The molecule has 0 N–H and O–H groups in total. The second-order valence-corrected chi connectivity index (χ2v) is 9.04. The molecule has 3 aromatic rings. The molecule has 2 atom stereocenters. The fraction of sp³-hybridized carbons (Fsp3) is 0.458. The highest BCUT2D eigenvalue weighted by atomic mass is 19.4. The molecule has 0 amide bonds. The van der Waals surface area contributed by atoms with Gasteiger partial charge in [-0.25, -0.2) is 0 Å². The smallest absolute Gasteiger partial charge is 0.314 e. The maximum Gasteiger partial charge on any atom is 0.433 e. The standard InChI is InChI=1S/C24H26F3N5/c1-31-21(29-30-22(31)17-7-3-2-4-8-17)9-5-6-12-32-15-19-13-23(19,16-32)18-10-11-20(28-14-18)24(25,26)27/h2-4,7-8,10-11,14,19H,5-6,9,12-13,15-16H2,1H3/t19-,23+/m1/s1. The van der Waals surface area contributed by atoms with E-state index in [1.165, 1.54) is 6.20 Å². The van der Waals surface area contributed by atoms with Crippen LogP contribution in [0.2, 0.25) is 0 Å². The fourth-order valence-corrected chi connectivity index (χ4v) is 5.10. The van der Waals surface area contributed by atoms with Crippen LogP contribution in [0.3, 0.4) is 0 Å². The number of fused-ring (bicyclic) bond motifs is 1. The number of halogens is 3. The van der Waals surface area contributed by atoms with E-state index < -0.39 is 11.9 Å². The monoisotopic (exact) mass is 441 g/mol. The molecule has 1 aliphatic carbocycles. The van der Waals surface area contributed by atoms with Crippen LogP contribution in [0.25, 0.3) is 11.4 Å². The average Bonchev–Trinajstić information content (AvgIpc) is 3.16. The third-order valence-electron chi connectivity index (χ3n) is 6.97. The van der Waals surface area contributed by atoms with Crippen LogP contribution in [0.5, 0.6) is 0 Å². The van der Waals surface area contributed by atoms with Crippen molar-refractivity contribution in [2.24, 2.45) is 13.0 Å².